The van der Waals surface area contributed by atoms with Crippen LogP contribution < -0.4 is 14.8 Å². The molecule has 8 nitrogen and oxygen atoms in total. The van der Waals surface area contributed by atoms with E-state index in [0.717, 1.165) is 0 Å². The lowest BCUT2D eigenvalue weighted by Gasteiger charge is -2.11. The Kier molecular flexibility index (Phi) is 6.37. The minimum absolute atomic E-state index is 0.000242. The average Bonchev–Trinajstić information content (AvgIpc) is 2.61. The van der Waals surface area contributed by atoms with Gasteiger partial charge in [0.2, 0.25) is 20.0 Å². The minimum Gasteiger partial charge on any atom is -0.322 e. The largest absolute Gasteiger partial charge is 0.322 e. The fourth-order valence-corrected chi connectivity index (χ4v) is 4.32. The van der Waals surface area contributed by atoms with E-state index in [1.807, 2.05) is 0 Å². The zero-order valence-corrected chi connectivity index (χ0v) is 16.7. The molecular weight excluding hydrogens is 390 g/mol. The summed E-state index contributed by atoms with van der Waals surface area (Å²) in [6.45, 7) is 3.39. The van der Waals surface area contributed by atoms with Crippen molar-refractivity contribution in [1.29, 1.82) is 0 Å². The van der Waals surface area contributed by atoms with Gasteiger partial charge >= 0.3 is 0 Å². The molecule has 0 spiro atoms. The third-order valence-corrected chi connectivity index (χ3v) is 6.54. The van der Waals surface area contributed by atoms with Gasteiger partial charge in [-0.1, -0.05) is 12.1 Å². The van der Waals surface area contributed by atoms with Gasteiger partial charge in [0.1, 0.15) is 0 Å². The van der Waals surface area contributed by atoms with E-state index in [1.165, 1.54) is 55.6 Å². The van der Waals surface area contributed by atoms with E-state index in [-0.39, 0.29) is 27.1 Å². The highest BCUT2D eigenvalue weighted by molar-refractivity contribution is 7.89. The molecule has 0 unspecified atom stereocenters. The van der Waals surface area contributed by atoms with E-state index >= 15 is 0 Å². The number of amides is 1. The van der Waals surface area contributed by atoms with Gasteiger partial charge in [-0.05, 0) is 57.3 Å². The van der Waals surface area contributed by atoms with Crippen molar-refractivity contribution in [2.45, 2.75) is 29.7 Å². The molecule has 2 aromatic carbocycles. The van der Waals surface area contributed by atoms with E-state index in [4.69, 9.17) is 0 Å². The van der Waals surface area contributed by atoms with Crippen molar-refractivity contribution in [3.05, 3.63) is 54.1 Å². The van der Waals surface area contributed by atoms with Crippen LogP contribution in [0, 0.1) is 0 Å². The number of rotatable bonds is 7. The number of carbonyl (C=O) groups excluding carboxylic acids is 1. The summed E-state index contributed by atoms with van der Waals surface area (Å²) < 4.78 is 52.8. The van der Waals surface area contributed by atoms with Gasteiger partial charge in [-0.2, -0.15) is 0 Å². The third-order valence-electron chi connectivity index (χ3n) is 3.47. The molecule has 0 saturated heterocycles. The molecule has 1 amide bonds. The molecule has 0 aromatic heterocycles. The third kappa shape index (κ3) is 5.36. The normalized spacial score (nSPS) is 12.1. The molecule has 0 atom stereocenters. The average molecular weight is 412 g/mol. The molecule has 27 heavy (non-hydrogen) atoms. The summed E-state index contributed by atoms with van der Waals surface area (Å²) >= 11 is 0. The standard InChI is InChI=1S/C17H21N3O5S2/c1-12(2)20-27(24,25)15-8-4-6-13(10-15)17(21)19-14-7-5-9-16(11-14)26(22,23)18-3/h4-12,18,20H,1-3H3,(H,19,21). The Hall–Kier alpha value is -2.27. The molecule has 0 fully saturated rings. The maximum Gasteiger partial charge on any atom is 0.255 e. The molecule has 0 aliphatic heterocycles. The first-order valence-electron chi connectivity index (χ1n) is 8.02. The van der Waals surface area contributed by atoms with Gasteiger partial charge in [0.05, 0.1) is 9.79 Å². The summed E-state index contributed by atoms with van der Waals surface area (Å²) in [6.07, 6.45) is 0. The van der Waals surface area contributed by atoms with Crippen LogP contribution in [0.4, 0.5) is 5.69 Å². The monoisotopic (exact) mass is 411 g/mol. The Labute approximate surface area is 159 Å². The van der Waals surface area contributed by atoms with Gasteiger partial charge in [0, 0.05) is 17.3 Å². The second kappa shape index (κ2) is 8.17. The molecule has 0 aliphatic rings. The van der Waals surface area contributed by atoms with Crippen LogP contribution in [0.1, 0.15) is 24.2 Å². The molecule has 2 rings (SSSR count). The predicted octanol–water partition coefficient (Wildman–Crippen LogP) is 1.53. The van der Waals surface area contributed by atoms with E-state index in [1.54, 1.807) is 13.8 Å². The molecule has 3 N–H and O–H groups in total. The second-order valence-electron chi connectivity index (χ2n) is 5.99. The van der Waals surface area contributed by atoms with Crippen molar-refractivity contribution in [2.24, 2.45) is 0 Å². The topological polar surface area (TPSA) is 121 Å². The van der Waals surface area contributed by atoms with Crippen LogP contribution in [0.25, 0.3) is 0 Å². The maximum absolute atomic E-state index is 12.5. The fourth-order valence-electron chi connectivity index (χ4n) is 2.24. The van der Waals surface area contributed by atoms with Crippen LogP contribution >= 0.6 is 0 Å². The highest BCUT2D eigenvalue weighted by Crippen LogP contribution is 2.17. The molecule has 0 bridgehead atoms. The first-order valence-corrected chi connectivity index (χ1v) is 11.0. The lowest BCUT2D eigenvalue weighted by molar-refractivity contribution is 0.102. The van der Waals surface area contributed by atoms with E-state index in [0.29, 0.717) is 0 Å². The minimum atomic E-state index is -3.74. The molecule has 146 valence electrons. The Bertz CT molecular complexity index is 1050. The Morgan fingerprint density at radius 1 is 0.889 bits per heavy atom. The summed E-state index contributed by atoms with van der Waals surface area (Å²) in [5.74, 6) is -0.560. The smallest absolute Gasteiger partial charge is 0.255 e. The van der Waals surface area contributed by atoms with Crippen LogP contribution in [-0.2, 0) is 20.0 Å². The number of benzene rings is 2. The van der Waals surface area contributed by atoms with Crippen molar-refractivity contribution >= 4 is 31.6 Å². The number of hydrogen-bond acceptors (Lipinski definition) is 5. The Balaban J connectivity index is 2.28. The van der Waals surface area contributed by atoms with Gasteiger partial charge in [-0.3, -0.25) is 4.79 Å². The molecule has 0 radical (unpaired) electrons. The molecular formula is C17H21N3O5S2. The molecule has 2 aromatic rings. The van der Waals surface area contributed by atoms with Crippen LogP contribution in [-0.4, -0.2) is 35.8 Å². The maximum atomic E-state index is 12.5. The second-order valence-corrected chi connectivity index (χ2v) is 9.59. The first-order chi connectivity index (χ1) is 12.5. The first kappa shape index (κ1) is 21.0. The number of hydrogen-bond donors (Lipinski definition) is 3. The highest BCUT2D eigenvalue weighted by Gasteiger charge is 2.18. The van der Waals surface area contributed by atoms with Crippen molar-refractivity contribution in [3.8, 4) is 0 Å². The van der Waals surface area contributed by atoms with Gasteiger partial charge in [-0.25, -0.2) is 26.3 Å². The summed E-state index contributed by atoms with van der Waals surface area (Å²) in [4.78, 5) is 12.4. The number of anilines is 1. The van der Waals surface area contributed by atoms with Gasteiger partial charge < -0.3 is 5.32 Å². The van der Waals surface area contributed by atoms with Crippen molar-refractivity contribution < 1.29 is 21.6 Å². The summed E-state index contributed by atoms with van der Waals surface area (Å²) in [7, 11) is -6.09. The lowest BCUT2D eigenvalue weighted by Crippen LogP contribution is -2.30. The van der Waals surface area contributed by atoms with Gasteiger partial charge in [0.15, 0.2) is 0 Å². The van der Waals surface area contributed by atoms with Gasteiger partial charge in [-0.15, -0.1) is 0 Å². The predicted molar refractivity (Wildman–Crippen MR) is 103 cm³/mol. The van der Waals surface area contributed by atoms with Crippen LogP contribution in [0.5, 0.6) is 0 Å². The van der Waals surface area contributed by atoms with E-state index < -0.39 is 26.0 Å². The Morgan fingerprint density at radius 2 is 1.48 bits per heavy atom. The number of carbonyl (C=O) groups is 1. The number of sulfonamides is 2. The van der Waals surface area contributed by atoms with Crippen LogP contribution in [0.2, 0.25) is 0 Å². The lowest BCUT2D eigenvalue weighted by atomic mass is 10.2. The SMILES string of the molecule is CNS(=O)(=O)c1cccc(NC(=O)c2cccc(S(=O)(=O)NC(C)C)c2)c1. The van der Waals surface area contributed by atoms with E-state index in [9.17, 15) is 21.6 Å². The molecule has 0 saturated carbocycles. The van der Waals surface area contributed by atoms with Crippen molar-refractivity contribution in [2.75, 3.05) is 12.4 Å². The fraction of sp³-hybridized carbons (Fsp3) is 0.235. The summed E-state index contributed by atoms with van der Waals surface area (Å²) in [6, 6.07) is 11.0. The number of nitrogens with one attached hydrogen (secondary N) is 3. The summed E-state index contributed by atoms with van der Waals surface area (Å²) in [5.41, 5.74) is 0.397. The summed E-state index contributed by atoms with van der Waals surface area (Å²) in [5, 5.41) is 2.57. The van der Waals surface area contributed by atoms with Crippen molar-refractivity contribution in [1.82, 2.24) is 9.44 Å². The Morgan fingerprint density at radius 3 is 2.07 bits per heavy atom. The zero-order valence-electron chi connectivity index (χ0n) is 15.1. The van der Waals surface area contributed by atoms with E-state index in [2.05, 4.69) is 14.8 Å². The van der Waals surface area contributed by atoms with Crippen LogP contribution in [0.15, 0.2) is 58.3 Å². The molecule has 0 aliphatic carbocycles. The quantitative estimate of drug-likeness (QED) is 0.638. The molecule has 0 heterocycles. The van der Waals surface area contributed by atoms with Crippen molar-refractivity contribution in [3.63, 3.8) is 0 Å². The van der Waals surface area contributed by atoms with Gasteiger partial charge in [0.25, 0.3) is 5.91 Å². The zero-order chi connectivity index (χ0) is 20.2. The molecule has 10 heteroatoms. The highest BCUT2D eigenvalue weighted by atomic mass is 32.2. The van der Waals surface area contributed by atoms with Crippen LogP contribution in [0.3, 0.4) is 0 Å².